The van der Waals surface area contributed by atoms with E-state index in [1.165, 1.54) is 11.8 Å². The smallest absolute Gasteiger partial charge is 0.326 e. The molecule has 0 saturated carbocycles. The van der Waals surface area contributed by atoms with Crippen molar-refractivity contribution in [3.8, 4) is 0 Å². The number of nitrogens with one attached hydrogen (secondary N) is 1. The summed E-state index contributed by atoms with van der Waals surface area (Å²) in [5.41, 5.74) is 2.87. The molecular weight excluding hydrogens is 332 g/mol. The number of carbonyl (C=O) groups is 3. The fraction of sp³-hybridized carbons (Fsp3) is 0.250. The van der Waals surface area contributed by atoms with Crippen molar-refractivity contribution in [3.05, 3.63) is 65.2 Å². The Morgan fingerprint density at radius 2 is 1.88 bits per heavy atom. The van der Waals surface area contributed by atoms with E-state index in [1.54, 1.807) is 18.2 Å². The molecule has 1 unspecified atom stereocenters. The van der Waals surface area contributed by atoms with Crippen LogP contribution in [0.5, 0.6) is 0 Å². The first-order valence-corrected chi connectivity index (χ1v) is 8.46. The Labute approximate surface area is 151 Å². The summed E-state index contributed by atoms with van der Waals surface area (Å²) < 4.78 is 0. The summed E-state index contributed by atoms with van der Waals surface area (Å²) in [6.07, 6.45) is 0.944. The van der Waals surface area contributed by atoms with Gasteiger partial charge in [0, 0.05) is 24.2 Å². The van der Waals surface area contributed by atoms with Crippen molar-refractivity contribution in [2.75, 3.05) is 5.32 Å². The van der Waals surface area contributed by atoms with Gasteiger partial charge in [-0.1, -0.05) is 30.3 Å². The average molecular weight is 352 g/mol. The predicted octanol–water partition coefficient (Wildman–Crippen LogP) is 2.69. The van der Waals surface area contributed by atoms with Gasteiger partial charge in [0.25, 0.3) is 5.91 Å². The highest BCUT2D eigenvalue weighted by Crippen LogP contribution is 2.25. The molecule has 1 heterocycles. The third-order valence-electron chi connectivity index (χ3n) is 4.53. The average Bonchev–Trinajstić information content (AvgIpc) is 2.65. The van der Waals surface area contributed by atoms with Crippen LogP contribution in [0.4, 0.5) is 5.69 Å². The highest BCUT2D eigenvalue weighted by molar-refractivity contribution is 5.99. The number of nitrogens with zero attached hydrogens (tertiary/aromatic N) is 1. The summed E-state index contributed by atoms with van der Waals surface area (Å²) in [5.74, 6) is -1.44. The fourth-order valence-corrected chi connectivity index (χ4v) is 2.98. The molecular formula is C20H20N2O4. The van der Waals surface area contributed by atoms with Gasteiger partial charge in [-0.25, -0.2) is 4.79 Å². The Morgan fingerprint density at radius 1 is 1.15 bits per heavy atom. The third-order valence-corrected chi connectivity index (χ3v) is 4.53. The van der Waals surface area contributed by atoms with E-state index in [1.807, 2.05) is 30.3 Å². The normalized spacial score (nSPS) is 14.1. The van der Waals surface area contributed by atoms with Gasteiger partial charge in [0.05, 0.1) is 0 Å². The summed E-state index contributed by atoms with van der Waals surface area (Å²) in [5, 5.41) is 12.2. The number of carboxylic acid groups (broad SMARTS) is 1. The third kappa shape index (κ3) is 3.74. The molecule has 0 bridgehead atoms. The van der Waals surface area contributed by atoms with E-state index in [0.717, 1.165) is 11.1 Å². The molecule has 0 fully saturated rings. The van der Waals surface area contributed by atoms with Crippen molar-refractivity contribution in [1.29, 1.82) is 0 Å². The van der Waals surface area contributed by atoms with Crippen LogP contribution in [0.25, 0.3) is 0 Å². The first kappa shape index (κ1) is 17.7. The molecule has 2 N–H and O–H groups in total. The van der Waals surface area contributed by atoms with E-state index in [2.05, 4.69) is 5.32 Å². The number of amides is 2. The van der Waals surface area contributed by atoms with Crippen LogP contribution in [0.1, 0.15) is 34.8 Å². The standard InChI is InChI=1S/C20H20N2O4/c1-13(20(25)26)22(12-14-5-3-2-4-6-14)19(24)16-7-9-17-15(11-16)8-10-18(23)21-17/h2-7,9,11,13H,8,10,12H2,1H3,(H,21,23)(H,25,26). The minimum atomic E-state index is -1.06. The van der Waals surface area contributed by atoms with Crippen molar-refractivity contribution in [3.63, 3.8) is 0 Å². The molecule has 26 heavy (non-hydrogen) atoms. The molecule has 3 rings (SSSR count). The Hall–Kier alpha value is -3.15. The van der Waals surface area contributed by atoms with E-state index >= 15 is 0 Å². The number of aliphatic carboxylic acids is 1. The lowest BCUT2D eigenvalue weighted by Gasteiger charge is -2.27. The van der Waals surface area contributed by atoms with Crippen molar-refractivity contribution in [2.24, 2.45) is 0 Å². The van der Waals surface area contributed by atoms with E-state index in [4.69, 9.17) is 0 Å². The maximum Gasteiger partial charge on any atom is 0.326 e. The molecule has 0 aromatic heterocycles. The first-order valence-electron chi connectivity index (χ1n) is 8.46. The van der Waals surface area contributed by atoms with Gasteiger partial charge < -0.3 is 15.3 Å². The van der Waals surface area contributed by atoms with Gasteiger partial charge >= 0.3 is 5.97 Å². The summed E-state index contributed by atoms with van der Waals surface area (Å²) in [6.45, 7) is 1.71. The largest absolute Gasteiger partial charge is 0.480 e. The fourth-order valence-electron chi connectivity index (χ4n) is 2.98. The van der Waals surface area contributed by atoms with Crippen LogP contribution in [0, 0.1) is 0 Å². The van der Waals surface area contributed by atoms with Crippen LogP contribution in [0.3, 0.4) is 0 Å². The van der Waals surface area contributed by atoms with E-state index in [-0.39, 0.29) is 18.4 Å². The molecule has 6 heteroatoms. The molecule has 2 amide bonds. The summed E-state index contributed by atoms with van der Waals surface area (Å²) in [7, 11) is 0. The molecule has 0 aliphatic carbocycles. The molecule has 1 atom stereocenters. The van der Waals surface area contributed by atoms with Crippen LogP contribution in [0.15, 0.2) is 48.5 Å². The molecule has 1 aliphatic heterocycles. The number of benzene rings is 2. The predicted molar refractivity (Wildman–Crippen MR) is 96.8 cm³/mol. The Kier molecular flexibility index (Phi) is 5.02. The molecule has 2 aromatic rings. The SMILES string of the molecule is CC(C(=O)O)N(Cc1ccccc1)C(=O)c1ccc2c(c1)CCC(=O)N2. The lowest BCUT2D eigenvalue weighted by atomic mass is 9.99. The molecule has 6 nitrogen and oxygen atoms in total. The molecule has 0 radical (unpaired) electrons. The van der Waals surface area contributed by atoms with E-state index in [9.17, 15) is 19.5 Å². The number of carbonyl (C=O) groups excluding carboxylic acids is 2. The number of carboxylic acids is 1. The maximum absolute atomic E-state index is 13.0. The quantitative estimate of drug-likeness (QED) is 0.866. The van der Waals surface area contributed by atoms with Crippen LogP contribution in [-0.2, 0) is 22.6 Å². The van der Waals surface area contributed by atoms with Crippen molar-refractivity contribution in [2.45, 2.75) is 32.4 Å². The van der Waals surface area contributed by atoms with Crippen LogP contribution < -0.4 is 5.32 Å². The van der Waals surface area contributed by atoms with Gasteiger partial charge in [-0.15, -0.1) is 0 Å². The minimum absolute atomic E-state index is 0.0400. The molecule has 0 saturated heterocycles. The number of hydrogen-bond donors (Lipinski definition) is 2. The lowest BCUT2D eigenvalue weighted by Crippen LogP contribution is -2.42. The Bertz CT molecular complexity index is 848. The highest BCUT2D eigenvalue weighted by Gasteiger charge is 2.27. The van der Waals surface area contributed by atoms with Crippen LogP contribution >= 0.6 is 0 Å². The van der Waals surface area contributed by atoms with Crippen molar-refractivity contribution >= 4 is 23.5 Å². The summed E-state index contributed by atoms with van der Waals surface area (Å²) >= 11 is 0. The van der Waals surface area contributed by atoms with Crippen LogP contribution in [0.2, 0.25) is 0 Å². The zero-order valence-electron chi connectivity index (χ0n) is 14.4. The van der Waals surface area contributed by atoms with Gasteiger partial charge in [-0.3, -0.25) is 9.59 Å². The maximum atomic E-state index is 13.0. The van der Waals surface area contributed by atoms with Gasteiger partial charge in [-0.05, 0) is 42.7 Å². The topological polar surface area (TPSA) is 86.7 Å². The Balaban J connectivity index is 1.89. The molecule has 134 valence electrons. The lowest BCUT2D eigenvalue weighted by molar-refractivity contribution is -0.141. The van der Waals surface area contributed by atoms with Gasteiger partial charge in [-0.2, -0.15) is 0 Å². The Morgan fingerprint density at radius 3 is 2.58 bits per heavy atom. The van der Waals surface area contributed by atoms with Gasteiger partial charge in [0.15, 0.2) is 0 Å². The number of anilines is 1. The van der Waals surface area contributed by atoms with Crippen molar-refractivity contribution in [1.82, 2.24) is 4.90 Å². The number of aryl methyl sites for hydroxylation is 1. The number of fused-ring (bicyclic) bond motifs is 1. The van der Waals surface area contributed by atoms with Gasteiger partial charge in [0.2, 0.25) is 5.91 Å². The highest BCUT2D eigenvalue weighted by atomic mass is 16.4. The molecule has 2 aromatic carbocycles. The second kappa shape index (κ2) is 7.39. The van der Waals surface area contributed by atoms with E-state index in [0.29, 0.717) is 24.1 Å². The molecule has 0 spiro atoms. The monoisotopic (exact) mass is 352 g/mol. The van der Waals surface area contributed by atoms with Gasteiger partial charge in [0.1, 0.15) is 6.04 Å². The van der Waals surface area contributed by atoms with Crippen LogP contribution in [-0.4, -0.2) is 33.8 Å². The summed E-state index contributed by atoms with van der Waals surface area (Å²) in [6, 6.07) is 13.4. The van der Waals surface area contributed by atoms with Crippen molar-refractivity contribution < 1.29 is 19.5 Å². The zero-order chi connectivity index (χ0) is 18.7. The van der Waals surface area contributed by atoms with E-state index < -0.39 is 12.0 Å². The second-order valence-corrected chi connectivity index (χ2v) is 6.35. The molecule has 1 aliphatic rings. The zero-order valence-corrected chi connectivity index (χ0v) is 14.4. The summed E-state index contributed by atoms with van der Waals surface area (Å²) in [4.78, 5) is 37.3. The number of hydrogen-bond acceptors (Lipinski definition) is 3. The minimum Gasteiger partial charge on any atom is -0.480 e. The number of rotatable bonds is 5. The second-order valence-electron chi connectivity index (χ2n) is 6.35. The first-order chi connectivity index (χ1) is 12.5.